The van der Waals surface area contributed by atoms with E-state index in [2.05, 4.69) is 4.98 Å². The van der Waals surface area contributed by atoms with E-state index in [1.54, 1.807) is 0 Å². The summed E-state index contributed by atoms with van der Waals surface area (Å²) in [4.78, 5) is 4.52. The molecule has 0 bridgehead atoms. The van der Waals surface area contributed by atoms with Crippen molar-refractivity contribution >= 4 is 15.5 Å². The summed E-state index contributed by atoms with van der Waals surface area (Å²) >= 11 is 0. The predicted molar refractivity (Wildman–Crippen MR) is 78.2 cm³/mol. The number of rotatable bonds is 3. The number of hydrogen-bond donors (Lipinski definition) is 1. The van der Waals surface area contributed by atoms with Crippen molar-refractivity contribution < 1.29 is 8.42 Å². The Morgan fingerprint density at radius 2 is 2.20 bits per heavy atom. The topological polar surface area (TPSA) is 77.5 Å². The van der Waals surface area contributed by atoms with Crippen LogP contribution in [-0.4, -0.2) is 28.8 Å². The van der Waals surface area contributed by atoms with Crippen molar-refractivity contribution in [2.45, 2.75) is 37.5 Å². The van der Waals surface area contributed by atoms with Crippen LogP contribution in [0, 0.1) is 0 Å². The van der Waals surface area contributed by atoms with E-state index < -0.39 is 9.84 Å². The second kappa shape index (κ2) is 5.18. The zero-order valence-electron chi connectivity index (χ0n) is 11.3. The van der Waals surface area contributed by atoms with E-state index >= 15 is 0 Å². The Hall–Kier alpha value is -1.40. The van der Waals surface area contributed by atoms with Crippen molar-refractivity contribution in [2.24, 2.45) is 5.73 Å². The molecule has 5 nitrogen and oxygen atoms in total. The fraction of sp³-hybridized carbons (Fsp3) is 0.500. The molecule has 0 aliphatic carbocycles. The first-order valence-electron chi connectivity index (χ1n) is 6.97. The third-order valence-electron chi connectivity index (χ3n) is 3.99. The summed E-state index contributed by atoms with van der Waals surface area (Å²) in [7, 11) is -2.95. The highest BCUT2D eigenvalue weighted by atomic mass is 32.2. The van der Waals surface area contributed by atoms with Gasteiger partial charge in [0.2, 0.25) is 0 Å². The Balaban J connectivity index is 1.91. The second-order valence-electron chi connectivity index (χ2n) is 5.37. The van der Waals surface area contributed by atoms with Crippen LogP contribution < -0.4 is 5.73 Å². The van der Waals surface area contributed by atoms with E-state index in [9.17, 15) is 8.42 Å². The maximum atomic E-state index is 12.1. The number of aromatic nitrogens is 2. The summed E-state index contributed by atoms with van der Waals surface area (Å²) in [5.74, 6) is 0.319. The van der Waals surface area contributed by atoms with Gasteiger partial charge in [-0.2, -0.15) is 0 Å². The van der Waals surface area contributed by atoms with Crippen LogP contribution in [0.1, 0.15) is 30.7 Å². The molecule has 2 aromatic rings. The van der Waals surface area contributed by atoms with Gasteiger partial charge in [0.15, 0.2) is 9.84 Å². The summed E-state index contributed by atoms with van der Waals surface area (Å²) in [6, 6.07) is 5.79. The van der Waals surface area contributed by atoms with E-state index in [0.717, 1.165) is 36.3 Å². The van der Waals surface area contributed by atoms with E-state index in [-0.39, 0.29) is 5.25 Å². The first-order chi connectivity index (χ1) is 9.60. The summed E-state index contributed by atoms with van der Waals surface area (Å²) in [6.07, 6.45) is 4.96. The normalized spacial score (nSPS) is 22.1. The highest BCUT2D eigenvalue weighted by Gasteiger charge is 2.29. The fourth-order valence-electron chi connectivity index (χ4n) is 2.87. The molecule has 3 heterocycles. The molecule has 2 aromatic heterocycles. The zero-order chi connectivity index (χ0) is 14.2. The molecule has 108 valence electrons. The minimum atomic E-state index is -2.95. The van der Waals surface area contributed by atoms with Gasteiger partial charge in [-0.15, -0.1) is 0 Å². The monoisotopic (exact) mass is 293 g/mol. The quantitative estimate of drug-likeness (QED) is 0.925. The minimum absolute atomic E-state index is 0.275. The Bertz CT molecular complexity index is 721. The maximum absolute atomic E-state index is 12.1. The lowest BCUT2D eigenvalue weighted by Crippen LogP contribution is -2.30. The molecule has 1 aliphatic rings. The molecule has 20 heavy (non-hydrogen) atoms. The van der Waals surface area contributed by atoms with E-state index in [1.807, 2.05) is 28.8 Å². The molecule has 0 radical (unpaired) electrons. The molecule has 1 aliphatic heterocycles. The van der Waals surface area contributed by atoms with Gasteiger partial charge < -0.3 is 10.1 Å². The van der Waals surface area contributed by atoms with Gasteiger partial charge in [-0.3, -0.25) is 0 Å². The summed E-state index contributed by atoms with van der Waals surface area (Å²) in [5, 5.41) is -0.275. The van der Waals surface area contributed by atoms with Crippen LogP contribution in [0.5, 0.6) is 0 Å². The SMILES string of the molecule is NCc1cccc2nc(CC3CCCCS3(=O)=O)cn12. The first-order valence-corrected chi connectivity index (χ1v) is 8.69. The van der Waals surface area contributed by atoms with Crippen LogP contribution >= 0.6 is 0 Å². The lowest BCUT2D eigenvalue weighted by Gasteiger charge is -2.21. The molecule has 0 aromatic carbocycles. The Morgan fingerprint density at radius 3 is 2.95 bits per heavy atom. The second-order valence-corrected chi connectivity index (χ2v) is 7.77. The van der Waals surface area contributed by atoms with Crippen LogP contribution in [0.25, 0.3) is 5.65 Å². The number of imidazole rings is 1. The number of pyridine rings is 1. The molecule has 0 spiro atoms. The molecule has 2 N–H and O–H groups in total. The zero-order valence-corrected chi connectivity index (χ0v) is 12.1. The molecule has 1 saturated heterocycles. The van der Waals surface area contributed by atoms with Gasteiger partial charge in [-0.1, -0.05) is 12.5 Å². The van der Waals surface area contributed by atoms with Crippen LogP contribution in [0.2, 0.25) is 0 Å². The number of sulfone groups is 1. The lowest BCUT2D eigenvalue weighted by atomic mass is 10.1. The third-order valence-corrected chi connectivity index (χ3v) is 6.26. The van der Waals surface area contributed by atoms with Gasteiger partial charge >= 0.3 is 0 Å². The van der Waals surface area contributed by atoms with Gasteiger partial charge in [0, 0.05) is 24.9 Å². The van der Waals surface area contributed by atoms with Gasteiger partial charge in [-0.25, -0.2) is 13.4 Å². The summed E-state index contributed by atoms with van der Waals surface area (Å²) in [6.45, 7) is 0.439. The average molecular weight is 293 g/mol. The van der Waals surface area contributed by atoms with Crippen molar-refractivity contribution in [1.29, 1.82) is 0 Å². The highest BCUT2D eigenvalue weighted by molar-refractivity contribution is 7.92. The molecular weight excluding hydrogens is 274 g/mol. The molecule has 1 fully saturated rings. The van der Waals surface area contributed by atoms with Gasteiger partial charge in [-0.05, 0) is 25.0 Å². The standard InChI is InChI=1S/C14H19N3O2S/c15-9-12-4-3-6-14-16-11(10-17(12)14)8-13-5-1-2-7-20(13,18)19/h3-4,6,10,13H,1-2,5,7-9,15H2. The van der Waals surface area contributed by atoms with Crippen molar-refractivity contribution in [3.63, 3.8) is 0 Å². The van der Waals surface area contributed by atoms with Gasteiger partial charge in [0.25, 0.3) is 0 Å². The smallest absolute Gasteiger partial charge is 0.153 e. The van der Waals surface area contributed by atoms with Gasteiger partial charge in [0.05, 0.1) is 16.7 Å². The molecule has 3 rings (SSSR count). The van der Waals surface area contributed by atoms with Gasteiger partial charge in [0.1, 0.15) is 5.65 Å². The molecule has 1 atom stereocenters. The van der Waals surface area contributed by atoms with Crippen LogP contribution in [-0.2, 0) is 22.8 Å². The lowest BCUT2D eigenvalue weighted by molar-refractivity contribution is 0.536. The minimum Gasteiger partial charge on any atom is -0.325 e. The van der Waals surface area contributed by atoms with Crippen molar-refractivity contribution in [1.82, 2.24) is 9.38 Å². The first kappa shape index (κ1) is 13.6. The highest BCUT2D eigenvalue weighted by Crippen LogP contribution is 2.23. The number of hydrogen-bond acceptors (Lipinski definition) is 4. The molecule has 1 unspecified atom stereocenters. The molecule has 0 saturated carbocycles. The molecular formula is C14H19N3O2S. The average Bonchev–Trinajstić information content (AvgIpc) is 2.83. The maximum Gasteiger partial charge on any atom is 0.153 e. The molecule has 6 heteroatoms. The van der Waals surface area contributed by atoms with Crippen LogP contribution in [0.15, 0.2) is 24.4 Å². The number of nitrogens with zero attached hydrogens (tertiary/aromatic N) is 2. The van der Waals surface area contributed by atoms with E-state index in [4.69, 9.17) is 5.73 Å². The van der Waals surface area contributed by atoms with E-state index in [0.29, 0.717) is 18.7 Å². The van der Waals surface area contributed by atoms with Crippen molar-refractivity contribution in [3.8, 4) is 0 Å². The Morgan fingerprint density at radius 1 is 1.35 bits per heavy atom. The van der Waals surface area contributed by atoms with Crippen LogP contribution in [0.4, 0.5) is 0 Å². The Kier molecular flexibility index (Phi) is 3.52. The van der Waals surface area contributed by atoms with Crippen molar-refractivity contribution in [3.05, 3.63) is 35.8 Å². The summed E-state index contributed by atoms with van der Waals surface area (Å²) < 4.78 is 26.1. The number of nitrogens with two attached hydrogens (primary N) is 1. The van der Waals surface area contributed by atoms with Crippen molar-refractivity contribution in [2.75, 3.05) is 5.75 Å². The third kappa shape index (κ3) is 2.45. The fourth-order valence-corrected chi connectivity index (χ4v) is 4.76. The largest absolute Gasteiger partial charge is 0.325 e. The number of fused-ring (bicyclic) bond motifs is 1. The summed E-state index contributed by atoms with van der Waals surface area (Å²) in [5.41, 5.74) is 8.35. The Labute approximate surface area is 118 Å². The van der Waals surface area contributed by atoms with Crippen LogP contribution in [0.3, 0.4) is 0 Å². The molecule has 0 amide bonds. The van der Waals surface area contributed by atoms with E-state index in [1.165, 1.54) is 0 Å². The predicted octanol–water partition coefficient (Wildman–Crippen LogP) is 1.30.